The van der Waals surface area contributed by atoms with Crippen molar-refractivity contribution in [2.24, 2.45) is 0 Å². The van der Waals surface area contributed by atoms with Crippen molar-refractivity contribution in [1.82, 2.24) is 4.98 Å². The SMILES string of the molecule is C=CCCc1cc(Cl)nc(Cl)c1. The molecule has 0 fully saturated rings. The van der Waals surface area contributed by atoms with Gasteiger partial charge in [-0.25, -0.2) is 4.98 Å². The molecule has 3 heteroatoms. The number of hydrogen-bond donors (Lipinski definition) is 0. The van der Waals surface area contributed by atoms with Crippen LogP contribution in [0, 0.1) is 0 Å². The maximum absolute atomic E-state index is 5.71. The molecule has 0 aromatic carbocycles. The zero-order valence-corrected chi connectivity index (χ0v) is 8.07. The lowest BCUT2D eigenvalue weighted by molar-refractivity contribution is 0.997. The molecule has 0 spiro atoms. The molecule has 0 aliphatic carbocycles. The first-order valence-electron chi connectivity index (χ1n) is 3.65. The van der Waals surface area contributed by atoms with Gasteiger partial charge in [0.25, 0.3) is 0 Å². The maximum atomic E-state index is 5.71. The van der Waals surface area contributed by atoms with Gasteiger partial charge >= 0.3 is 0 Å². The first-order chi connectivity index (χ1) is 5.72. The van der Waals surface area contributed by atoms with Crippen LogP contribution in [-0.4, -0.2) is 4.98 Å². The minimum Gasteiger partial charge on any atom is -0.224 e. The quantitative estimate of drug-likeness (QED) is 0.539. The van der Waals surface area contributed by atoms with Gasteiger partial charge in [-0.15, -0.1) is 6.58 Å². The van der Waals surface area contributed by atoms with Gasteiger partial charge in [-0.05, 0) is 30.5 Å². The van der Waals surface area contributed by atoms with Crippen LogP contribution in [0.2, 0.25) is 10.3 Å². The Kier molecular flexibility index (Phi) is 3.57. The number of allylic oxidation sites excluding steroid dienone is 1. The van der Waals surface area contributed by atoms with Crippen LogP contribution in [0.15, 0.2) is 24.8 Å². The van der Waals surface area contributed by atoms with Crippen molar-refractivity contribution in [3.8, 4) is 0 Å². The van der Waals surface area contributed by atoms with E-state index in [9.17, 15) is 0 Å². The first-order valence-corrected chi connectivity index (χ1v) is 4.41. The number of rotatable bonds is 3. The van der Waals surface area contributed by atoms with Crippen LogP contribution < -0.4 is 0 Å². The number of aryl methyl sites for hydroxylation is 1. The second kappa shape index (κ2) is 4.48. The molecule has 12 heavy (non-hydrogen) atoms. The number of halogens is 2. The molecule has 1 heterocycles. The van der Waals surface area contributed by atoms with E-state index in [1.54, 1.807) is 0 Å². The van der Waals surface area contributed by atoms with Gasteiger partial charge < -0.3 is 0 Å². The molecule has 0 radical (unpaired) electrons. The Morgan fingerprint density at radius 2 is 1.92 bits per heavy atom. The van der Waals surface area contributed by atoms with E-state index >= 15 is 0 Å². The maximum Gasteiger partial charge on any atom is 0.131 e. The van der Waals surface area contributed by atoms with Crippen LogP contribution in [0.1, 0.15) is 12.0 Å². The van der Waals surface area contributed by atoms with Crippen molar-refractivity contribution in [3.63, 3.8) is 0 Å². The van der Waals surface area contributed by atoms with Gasteiger partial charge in [0, 0.05) is 0 Å². The summed E-state index contributed by atoms with van der Waals surface area (Å²) in [6.45, 7) is 3.64. The Bertz CT molecular complexity index is 264. The van der Waals surface area contributed by atoms with Gasteiger partial charge in [-0.2, -0.15) is 0 Å². The van der Waals surface area contributed by atoms with Gasteiger partial charge in [0.1, 0.15) is 10.3 Å². The fourth-order valence-electron chi connectivity index (χ4n) is 0.927. The Morgan fingerprint density at radius 1 is 1.33 bits per heavy atom. The lowest BCUT2D eigenvalue weighted by atomic mass is 10.1. The van der Waals surface area contributed by atoms with Gasteiger partial charge in [-0.3, -0.25) is 0 Å². The molecule has 0 saturated heterocycles. The summed E-state index contributed by atoms with van der Waals surface area (Å²) < 4.78 is 0. The molecular weight excluding hydrogens is 193 g/mol. The summed E-state index contributed by atoms with van der Waals surface area (Å²) in [6.07, 6.45) is 3.70. The van der Waals surface area contributed by atoms with E-state index < -0.39 is 0 Å². The van der Waals surface area contributed by atoms with E-state index in [2.05, 4.69) is 11.6 Å². The number of pyridine rings is 1. The van der Waals surface area contributed by atoms with Crippen LogP contribution in [0.3, 0.4) is 0 Å². The first kappa shape index (κ1) is 9.56. The second-order valence-corrected chi connectivity index (χ2v) is 3.22. The Morgan fingerprint density at radius 3 is 2.42 bits per heavy atom. The third kappa shape index (κ3) is 2.84. The van der Waals surface area contributed by atoms with Crippen LogP contribution in [0.25, 0.3) is 0 Å². The zero-order chi connectivity index (χ0) is 8.97. The van der Waals surface area contributed by atoms with Gasteiger partial charge in [0.15, 0.2) is 0 Å². The van der Waals surface area contributed by atoms with Crippen LogP contribution in [0.4, 0.5) is 0 Å². The zero-order valence-electron chi connectivity index (χ0n) is 6.56. The summed E-state index contributed by atoms with van der Waals surface area (Å²) in [5.74, 6) is 0. The second-order valence-electron chi connectivity index (χ2n) is 2.45. The average Bonchev–Trinajstić information content (AvgIpc) is 1.99. The fraction of sp³-hybridized carbons (Fsp3) is 0.222. The van der Waals surface area contributed by atoms with Crippen molar-refractivity contribution >= 4 is 23.2 Å². The molecule has 0 bridgehead atoms. The molecule has 0 atom stereocenters. The standard InChI is InChI=1S/C9H9Cl2N/c1-2-3-4-7-5-8(10)12-9(11)6-7/h2,5-6H,1,3-4H2. The molecule has 0 saturated carbocycles. The summed E-state index contributed by atoms with van der Waals surface area (Å²) >= 11 is 11.4. The van der Waals surface area contributed by atoms with Crippen molar-refractivity contribution in [2.75, 3.05) is 0 Å². The largest absolute Gasteiger partial charge is 0.224 e. The van der Waals surface area contributed by atoms with Gasteiger partial charge in [0.05, 0.1) is 0 Å². The lowest BCUT2D eigenvalue weighted by Crippen LogP contribution is -1.86. The number of nitrogens with zero attached hydrogens (tertiary/aromatic N) is 1. The van der Waals surface area contributed by atoms with E-state index in [0.29, 0.717) is 10.3 Å². The third-order valence-corrected chi connectivity index (χ3v) is 1.85. The third-order valence-electron chi connectivity index (χ3n) is 1.46. The molecule has 1 aromatic heterocycles. The Hall–Kier alpha value is -0.530. The fourth-order valence-corrected chi connectivity index (χ4v) is 1.43. The monoisotopic (exact) mass is 201 g/mol. The van der Waals surface area contributed by atoms with E-state index in [1.165, 1.54) is 0 Å². The van der Waals surface area contributed by atoms with Crippen LogP contribution in [0.5, 0.6) is 0 Å². The molecule has 1 rings (SSSR count). The summed E-state index contributed by atoms with van der Waals surface area (Å²) in [4.78, 5) is 3.85. The van der Waals surface area contributed by atoms with E-state index in [-0.39, 0.29) is 0 Å². The molecule has 64 valence electrons. The Balaban J connectivity index is 2.78. The summed E-state index contributed by atoms with van der Waals surface area (Å²) in [5, 5.41) is 0.892. The van der Waals surface area contributed by atoms with Gasteiger partial charge in [0.2, 0.25) is 0 Å². The molecule has 1 aromatic rings. The highest BCUT2D eigenvalue weighted by molar-refractivity contribution is 6.32. The average molecular weight is 202 g/mol. The van der Waals surface area contributed by atoms with Crippen LogP contribution in [-0.2, 0) is 6.42 Å². The van der Waals surface area contributed by atoms with E-state index in [1.807, 2.05) is 18.2 Å². The predicted molar refractivity (Wildman–Crippen MR) is 52.8 cm³/mol. The molecule has 0 amide bonds. The van der Waals surface area contributed by atoms with Crippen molar-refractivity contribution < 1.29 is 0 Å². The number of aromatic nitrogens is 1. The molecule has 0 aliphatic rings. The van der Waals surface area contributed by atoms with Gasteiger partial charge in [-0.1, -0.05) is 29.3 Å². The Labute approximate surface area is 82.0 Å². The minimum absolute atomic E-state index is 0.446. The van der Waals surface area contributed by atoms with Crippen molar-refractivity contribution in [2.45, 2.75) is 12.8 Å². The smallest absolute Gasteiger partial charge is 0.131 e. The number of hydrogen-bond acceptors (Lipinski definition) is 1. The summed E-state index contributed by atoms with van der Waals surface area (Å²) in [6, 6.07) is 3.63. The summed E-state index contributed by atoms with van der Waals surface area (Å²) in [5.41, 5.74) is 1.10. The normalized spacial score (nSPS) is 9.83. The molecule has 0 aliphatic heterocycles. The molecule has 1 nitrogen and oxygen atoms in total. The molecular formula is C9H9Cl2N. The highest BCUT2D eigenvalue weighted by atomic mass is 35.5. The van der Waals surface area contributed by atoms with Crippen molar-refractivity contribution in [1.29, 1.82) is 0 Å². The topological polar surface area (TPSA) is 12.9 Å². The summed E-state index contributed by atoms with van der Waals surface area (Å²) in [7, 11) is 0. The van der Waals surface area contributed by atoms with E-state index in [0.717, 1.165) is 18.4 Å². The minimum atomic E-state index is 0.446. The van der Waals surface area contributed by atoms with Crippen molar-refractivity contribution in [3.05, 3.63) is 40.7 Å². The lowest BCUT2D eigenvalue weighted by Gasteiger charge is -1.99. The predicted octanol–water partition coefficient (Wildman–Crippen LogP) is 3.51. The highest BCUT2D eigenvalue weighted by Gasteiger charge is 1.97. The highest BCUT2D eigenvalue weighted by Crippen LogP contribution is 2.15. The molecule has 0 unspecified atom stereocenters. The molecule has 0 N–H and O–H groups in total. The van der Waals surface area contributed by atoms with Crippen LogP contribution >= 0.6 is 23.2 Å². The van der Waals surface area contributed by atoms with E-state index in [4.69, 9.17) is 23.2 Å².